The minimum absolute atomic E-state index is 0.206. The van der Waals surface area contributed by atoms with Crippen molar-refractivity contribution in [1.82, 2.24) is 5.32 Å². The largest absolute Gasteiger partial charge is 0.435 e. The van der Waals surface area contributed by atoms with Crippen LogP contribution in [0, 0.1) is 0 Å². The second kappa shape index (κ2) is 8.10. The molecule has 0 saturated carbocycles. The van der Waals surface area contributed by atoms with Gasteiger partial charge in [-0.2, -0.15) is 20.1 Å². The maximum Gasteiger partial charge on any atom is 0.387 e. The minimum Gasteiger partial charge on any atom is -0.435 e. The average molecular weight is 311 g/mol. The second-order valence-electron chi connectivity index (χ2n) is 4.97. The second-order valence-corrected chi connectivity index (χ2v) is 5.75. The summed E-state index contributed by atoms with van der Waals surface area (Å²) in [5, 5.41) is 7.69. The molecule has 0 radical (unpaired) electrons. The van der Waals surface area contributed by atoms with Crippen molar-refractivity contribution in [2.45, 2.75) is 39.0 Å². The summed E-state index contributed by atoms with van der Waals surface area (Å²) in [6.45, 7) is 0.268. The van der Waals surface area contributed by atoms with Gasteiger partial charge in [-0.15, -0.1) is 0 Å². The van der Waals surface area contributed by atoms with E-state index >= 15 is 0 Å². The zero-order chi connectivity index (χ0) is 15.1. The number of halogens is 2. The summed E-state index contributed by atoms with van der Waals surface area (Å²) in [5.41, 5.74) is 2.43. The first-order chi connectivity index (χ1) is 10.1. The van der Waals surface area contributed by atoms with Crippen molar-refractivity contribution in [2.24, 2.45) is 0 Å². The highest BCUT2D eigenvalue weighted by Crippen LogP contribution is 2.16. The Balaban J connectivity index is 1.71. The number of hydrogen-bond donors (Lipinski definition) is 1. The lowest BCUT2D eigenvalue weighted by Crippen LogP contribution is -2.25. The number of rotatable bonds is 8. The Labute approximate surface area is 127 Å². The lowest BCUT2D eigenvalue weighted by Gasteiger charge is -2.13. The Morgan fingerprint density at radius 2 is 1.90 bits per heavy atom. The number of benzene rings is 1. The van der Waals surface area contributed by atoms with Gasteiger partial charge in [0.2, 0.25) is 0 Å². The molecule has 0 amide bonds. The van der Waals surface area contributed by atoms with E-state index in [4.69, 9.17) is 0 Å². The van der Waals surface area contributed by atoms with Crippen LogP contribution in [-0.4, -0.2) is 12.7 Å². The van der Waals surface area contributed by atoms with Crippen LogP contribution in [-0.2, 0) is 13.0 Å². The van der Waals surface area contributed by atoms with Crippen LogP contribution in [0.15, 0.2) is 41.1 Å². The van der Waals surface area contributed by atoms with Crippen molar-refractivity contribution in [3.63, 3.8) is 0 Å². The minimum atomic E-state index is -2.77. The van der Waals surface area contributed by atoms with Gasteiger partial charge in [-0.25, -0.2) is 0 Å². The first-order valence-corrected chi connectivity index (χ1v) is 7.86. The molecule has 0 aliphatic rings. The van der Waals surface area contributed by atoms with Crippen molar-refractivity contribution >= 4 is 11.3 Å². The molecule has 0 bridgehead atoms. The number of aryl methyl sites for hydroxylation is 1. The van der Waals surface area contributed by atoms with Gasteiger partial charge in [-0.3, -0.25) is 0 Å². The van der Waals surface area contributed by atoms with E-state index < -0.39 is 6.61 Å². The van der Waals surface area contributed by atoms with Gasteiger partial charge < -0.3 is 10.1 Å². The topological polar surface area (TPSA) is 21.3 Å². The summed E-state index contributed by atoms with van der Waals surface area (Å²) in [6, 6.07) is 9.37. The molecule has 2 nitrogen and oxygen atoms in total. The number of nitrogens with one attached hydrogen (secondary N) is 1. The third-order valence-electron chi connectivity index (χ3n) is 3.25. The molecule has 1 N–H and O–H groups in total. The van der Waals surface area contributed by atoms with Crippen LogP contribution in [0.5, 0.6) is 5.75 Å². The molecule has 1 aromatic carbocycles. The molecule has 1 atom stereocenters. The van der Waals surface area contributed by atoms with Gasteiger partial charge in [-0.1, -0.05) is 12.1 Å². The van der Waals surface area contributed by atoms with Gasteiger partial charge in [0.1, 0.15) is 5.75 Å². The van der Waals surface area contributed by atoms with Gasteiger partial charge >= 0.3 is 6.61 Å². The van der Waals surface area contributed by atoms with Crippen molar-refractivity contribution in [1.29, 1.82) is 0 Å². The predicted molar refractivity (Wildman–Crippen MR) is 82.0 cm³/mol. The van der Waals surface area contributed by atoms with Gasteiger partial charge in [0.05, 0.1) is 0 Å². The van der Waals surface area contributed by atoms with E-state index in [2.05, 4.69) is 33.8 Å². The highest BCUT2D eigenvalue weighted by atomic mass is 32.1. The van der Waals surface area contributed by atoms with Crippen LogP contribution in [0.1, 0.15) is 24.5 Å². The molecule has 5 heteroatoms. The maximum absolute atomic E-state index is 12.0. The molecular formula is C16H19F2NOS. The molecule has 0 aliphatic carbocycles. The fourth-order valence-corrected chi connectivity index (χ4v) is 2.68. The standard InChI is InChI=1S/C16H19F2NOS/c1-12(19-10-14-8-9-21-11-14)2-3-13-4-6-15(7-5-13)20-16(17)18/h4-9,11-12,16,19H,2-3,10H2,1H3. The summed E-state index contributed by atoms with van der Waals surface area (Å²) < 4.78 is 28.4. The van der Waals surface area contributed by atoms with Crippen LogP contribution < -0.4 is 10.1 Å². The Hall–Kier alpha value is -1.46. The first-order valence-electron chi connectivity index (χ1n) is 6.91. The highest BCUT2D eigenvalue weighted by molar-refractivity contribution is 7.07. The third kappa shape index (κ3) is 5.81. The van der Waals surface area contributed by atoms with Gasteiger partial charge in [0.25, 0.3) is 0 Å². The smallest absolute Gasteiger partial charge is 0.387 e. The normalized spacial score (nSPS) is 12.6. The summed E-state index contributed by atoms with van der Waals surface area (Å²) in [5.74, 6) is 0.206. The number of alkyl halides is 2. The molecule has 1 unspecified atom stereocenters. The molecule has 2 rings (SSSR count). The number of thiophene rings is 1. The molecule has 0 fully saturated rings. The van der Waals surface area contributed by atoms with E-state index in [1.54, 1.807) is 23.5 Å². The first kappa shape index (κ1) is 15.9. The molecule has 114 valence electrons. The van der Waals surface area contributed by atoms with Crippen LogP contribution in [0.2, 0.25) is 0 Å². The lowest BCUT2D eigenvalue weighted by atomic mass is 10.1. The molecule has 0 spiro atoms. The van der Waals surface area contributed by atoms with Crippen LogP contribution >= 0.6 is 11.3 Å². The predicted octanol–water partition coefficient (Wildman–Crippen LogP) is 4.46. The van der Waals surface area contributed by atoms with Crippen molar-refractivity contribution in [3.8, 4) is 5.75 Å². The van der Waals surface area contributed by atoms with Crippen LogP contribution in [0.3, 0.4) is 0 Å². The zero-order valence-electron chi connectivity index (χ0n) is 11.9. The molecule has 1 aromatic heterocycles. The Bertz CT molecular complexity index is 514. The number of ether oxygens (including phenoxy) is 1. The third-order valence-corrected chi connectivity index (χ3v) is 3.98. The van der Waals surface area contributed by atoms with Crippen LogP contribution in [0.25, 0.3) is 0 Å². The molecular weight excluding hydrogens is 292 g/mol. The fourth-order valence-electron chi connectivity index (χ4n) is 2.01. The Morgan fingerprint density at radius 3 is 2.52 bits per heavy atom. The lowest BCUT2D eigenvalue weighted by molar-refractivity contribution is -0.0498. The summed E-state index contributed by atoms with van der Waals surface area (Å²) in [7, 11) is 0. The van der Waals surface area contributed by atoms with E-state index in [-0.39, 0.29) is 5.75 Å². The Kier molecular flexibility index (Phi) is 6.14. The van der Waals surface area contributed by atoms with Gasteiger partial charge in [0.15, 0.2) is 0 Å². The molecule has 0 aliphatic heterocycles. The molecule has 21 heavy (non-hydrogen) atoms. The van der Waals surface area contributed by atoms with Crippen molar-refractivity contribution in [3.05, 3.63) is 52.2 Å². The highest BCUT2D eigenvalue weighted by Gasteiger charge is 2.05. The molecule has 2 aromatic rings. The van der Waals surface area contributed by atoms with Crippen molar-refractivity contribution < 1.29 is 13.5 Å². The number of hydrogen-bond acceptors (Lipinski definition) is 3. The van der Waals surface area contributed by atoms with E-state index in [1.165, 1.54) is 5.56 Å². The summed E-state index contributed by atoms with van der Waals surface area (Å²) >= 11 is 1.70. The average Bonchev–Trinajstić information content (AvgIpc) is 2.97. The van der Waals surface area contributed by atoms with Crippen LogP contribution in [0.4, 0.5) is 8.78 Å². The SMILES string of the molecule is CC(CCc1ccc(OC(F)F)cc1)NCc1ccsc1. The van der Waals surface area contributed by atoms with Crippen molar-refractivity contribution in [2.75, 3.05) is 0 Å². The van der Waals surface area contributed by atoms with Gasteiger partial charge in [-0.05, 0) is 59.9 Å². The summed E-state index contributed by atoms with van der Waals surface area (Å²) in [4.78, 5) is 0. The van der Waals surface area contributed by atoms with E-state index in [0.717, 1.165) is 24.9 Å². The summed E-state index contributed by atoms with van der Waals surface area (Å²) in [6.07, 6.45) is 1.91. The molecule has 1 heterocycles. The molecule has 0 saturated heterocycles. The van der Waals surface area contributed by atoms with E-state index in [1.807, 2.05) is 12.1 Å². The Morgan fingerprint density at radius 1 is 1.14 bits per heavy atom. The fraction of sp³-hybridized carbons (Fsp3) is 0.375. The zero-order valence-corrected chi connectivity index (χ0v) is 12.7. The monoisotopic (exact) mass is 311 g/mol. The quantitative estimate of drug-likeness (QED) is 0.777. The van der Waals surface area contributed by atoms with E-state index in [9.17, 15) is 8.78 Å². The maximum atomic E-state index is 12.0. The van der Waals surface area contributed by atoms with Gasteiger partial charge in [0, 0.05) is 12.6 Å². The van der Waals surface area contributed by atoms with E-state index in [0.29, 0.717) is 6.04 Å².